The molecule has 0 atom stereocenters. The van der Waals surface area contributed by atoms with E-state index in [9.17, 15) is 5.11 Å². The number of phenols is 1. The van der Waals surface area contributed by atoms with Gasteiger partial charge in [0.1, 0.15) is 11.4 Å². The average molecular weight is 461 g/mol. The van der Waals surface area contributed by atoms with Crippen LogP contribution in [0.15, 0.2) is 18.2 Å². The van der Waals surface area contributed by atoms with Crippen LogP contribution in [0.3, 0.4) is 0 Å². The van der Waals surface area contributed by atoms with Gasteiger partial charge in [-0.15, -0.1) is 0 Å². The molecule has 0 spiro atoms. The Balaban J connectivity index is 2.08. The summed E-state index contributed by atoms with van der Waals surface area (Å²) in [6.45, 7) is 6.47. The van der Waals surface area contributed by atoms with E-state index in [4.69, 9.17) is 0 Å². The highest BCUT2D eigenvalue weighted by Gasteiger charge is 2.06. The Kier molecular flexibility index (Phi) is 20.1. The van der Waals surface area contributed by atoms with Crippen molar-refractivity contribution in [3.8, 4) is 5.75 Å². The summed E-state index contributed by atoms with van der Waals surface area (Å²) in [4.78, 5) is 0. The number of aromatic hydroxyl groups is 1. The van der Waals surface area contributed by atoms with Crippen LogP contribution in [-0.2, 0) is 0 Å². The number of rotatable bonds is 24. The molecule has 0 heterocycles. The van der Waals surface area contributed by atoms with E-state index in [1.807, 2.05) is 6.07 Å². The summed E-state index contributed by atoms with van der Waals surface area (Å²) in [5.41, 5.74) is 1.92. The maximum absolute atomic E-state index is 10.3. The Morgan fingerprint density at radius 2 is 0.909 bits per heavy atom. The number of unbranched alkanes of at least 4 members (excludes halogenated alkanes) is 18. The monoisotopic (exact) mass is 460 g/mol. The second kappa shape index (κ2) is 22.4. The third-order valence-electron chi connectivity index (χ3n) is 6.72. The van der Waals surface area contributed by atoms with Crippen LogP contribution in [0.4, 0.5) is 11.4 Å². The van der Waals surface area contributed by atoms with Crippen molar-refractivity contribution in [3.05, 3.63) is 18.2 Å². The first kappa shape index (κ1) is 29.7. The molecule has 0 saturated carbocycles. The molecule has 33 heavy (non-hydrogen) atoms. The Morgan fingerprint density at radius 3 is 1.36 bits per heavy atom. The van der Waals surface area contributed by atoms with Gasteiger partial charge in [0, 0.05) is 13.1 Å². The Hall–Kier alpha value is -1.38. The maximum atomic E-state index is 10.3. The SMILES string of the molecule is CCCCCCCCCCCCNc1cccc(O)c1NCCCCCCCCCCCC. The molecule has 0 aliphatic rings. The van der Waals surface area contributed by atoms with Crippen LogP contribution in [0.2, 0.25) is 0 Å². The lowest BCUT2D eigenvalue weighted by atomic mass is 10.1. The third-order valence-corrected chi connectivity index (χ3v) is 6.72. The fraction of sp³-hybridized carbons (Fsp3) is 0.800. The topological polar surface area (TPSA) is 44.3 Å². The first-order valence-electron chi connectivity index (χ1n) is 14.6. The fourth-order valence-corrected chi connectivity index (χ4v) is 4.53. The van der Waals surface area contributed by atoms with E-state index in [2.05, 4.69) is 30.5 Å². The summed E-state index contributed by atoms with van der Waals surface area (Å²) in [5.74, 6) is 0.357. The number of phenolic OH excluding ortho intramolecular Hbond substituents is 1. The third kappa shape index (κ3) is 16.8. The van der Waals surface area contributed by atoms with E-state index in [0.717, 1.165) is 24.5 Å². The van der Waals surface area contributed by atoms with Gasteiger partial charge in [0.15, 0.2) is 0 Å². The van der Waals surface area contributed by atoms with Gasteiger partial charge in [-0.2, -0.15) is 0 Å². The maximum Gasteiger partial charge on any atom is 0.140 e. The first-order valence-corrected chi connectivity index (χ1v) is 14.6. The Labute approximate surface area is 206 Å². The quantitative estimate of drug-likeness (QED) is 0.106. The molecule has 1 aromatic rings. The van der Waals surface area contributed by atoms with Gasteiger partial charge in [-0.05, 0) is 25.0 Å². The molecular weight excluding hydrogens is 404 g/mol. The minimum absolute atomic E-state index is 0.357. The van der Waals surface area contributed by atoms with Crippen molar-refractivity contribution in [1.29, 1.82) is 0 Å². The molecule has 0 fully saturated rings. The normalized spacial score (nSPS) is 11.1. The molecule has 1 aromatic carbocycles. The van der Waals surface area contributed by atoms with E-state index in [1.54, 1.807) is 6.07 Å². The van der Waals surface area contributed by atoms with Crippen molar-refractivity contribution in [2.45, 2.75) is 142 Å². The van der Waals surface area contributed by atoms with Crippen molar-refractivity contribution in [3.63, 3.8) is 0 Å². The lowest BCUT2D eigenvalue weighted by Gasteiger charge is -2.15. The van der Waals surface area contributed by atoms with Crippen molar-refractivity contribution in [2.24, 2.45) is 0 Å². The van der Waals surface area contributed by atoms with Gasteiger partial charge in [0.2, 0.25) is 0 Å². The summed E-state index contributed by atoms with van der Waals surface area (Å²) in [5, 5.41) is 17.4. The molecule has 0 aliphatic carbocycles. The van der Waals surface area contributed by atoms with Crippen molar-refractivity contribution < 1.29 is 5.11 Å². The van der Waals surface area contributed by atoms with Gasteiger partial charge in [-0.25, -0.2) is 0 Å². The van der Waals surface area contributed by atoms with Gasteiger partial charge < -0.3 is 15.7 Å². The zero-order valence-electron chi connectivity index (χ0n) is 22.2. The molecule has 0 aromatic heterocycles. The van der Waals surface area contributed by atoms with E-state index in [-0.39, 0.29) is 0 Å². The molecule has 0 saturated heterocycles. The molecule has 3 N–H and O–H groups in total. The second-order valence-electron chi connectivity index (χ2n) is 9.92. The van der Waals surface area contributed by atoms with Gasteiger partial charge in [-0.3, -0.25) is 0 Å². The van der Waals surface area contributed by atoms with Crippen LogP contribution in [0, 0.1) is 0 Å². The van der Waals surface area contributed by atoms with Crippen LogP contribution in [-0.4, -0.2) is 18.2 Å². The van der Waals surface area contributed by atoms with Gasteiger partial charge in [-0.1, -0.05) is 135 Å². The van der Waals surface area contributed by atoms with Crippen molar-refractivity contribution in [2.75, 3.05) is 23.7 Å². The zero-order valence-corrected chi connectivity index (χ0v) is 22.2. The minimum Gasteiger partial charge on any atom is -0.506 e. The highest BCUT2D eigenvalue weighted by atomic mass is 16.3. The second-order valence-corrected chi connectivity index (χ2v) is 9.92. The zero-order chi connectivity index (χ0) is 23.8. The van der Waals surface area contributed by atoms with Crippen LogP contribution in [0.5, 0.6) is 5.75 Å². The summed E-state index contributed by atoms with van der Waals surface area (Å²) >= 11 is 0. The van der Waals surface area contributed by atoms with E-state index in [0.29, 0.717) is 5.75 Å². The molecule has 192 valence electrons. The lowest BCUT2D eigenvalue weighted by Crippen LogP contribution is -2.08. The number of hydrogen-bond acceptors (Lipinski definition) is 3. The summed E-state index contributed by atoms with van der Waals surface area (Å²) in [7, 11) is 0. The Morgan fingerprint density at radius 1 is 0.515 bits per heavy atom. The molecule has 1 rings (SSSR count). The smallest absolute Gasteiger partial charge is 0.140 e. The number of benzene rings is 1. The molecule has 0 bridgehead atoms. The number of anilines is 2. The van der Waals surface area contributed by atoms with Gasteiger partial charge in [0.05, 0.1) is 5.69 Å². The molecule has 3 heteroatoms. The van der Waals surface area contributed by atoms with E-state index < -0.39 is 0 Å². The first-order chi connectivity index (χ1) is 16.3. The molecule has 0 unspecified atom stereocenters. The molecular formula is C30H56N2O. The molecule has 0 radical (unpaired) electrons. The summed E-state index contributed by atoms with van der Waals surface area (Å²) in [6, 6.07) is 5.80. The van der Waals surface area contributed by atoms with Crippen molar-refractivity contribution in [1.82, 2.24) is 0 Å². The van der Waals surface area contributed by atoms with Gasteiger partial charge in [0.25, 0.3) is 0 Å². The van der Waals surface area contributed by atoms with Crippen LogP contribution < -0.4 is 10.6 Å². The summed E-state index contributed by atoms with van der Waals surface area (Å²) < 4.78 is 0. The molecule has 0 amide bonds. The van der Waals surface area contributed by atoms with E-state index >= 15 is 0 Å². The van der Waals surface area contributed by atoms with Crippen molar-refractivity contribution >= 4 is 11.4 Å². The average Bonchev–Trinajstić information content (AvgIpc) is 2.82. The predicted molar refractivity (Wildman–Crippen MR) is 149 cm³/mol. The number of hydrogen-bond donors (Lipinski definition) is 3. The van der Waals surface area contributed by atoms with Gasteiger partial charge >= 0.3 is 0 Å². The van der Waals surface area contributed by atoms with Crippen LogP contribution >= 0.6 is 0 Å². The largest absolute Gasteiger partial charge is 0.506 e. The van der Waals surface area contributed by atoms with Crippen LogP contribution in [0.1, 0.15) is 142 Å². The highest BCUT2D eigenvalue weighted by Crippen LogP contribution is 2.31. The van der Waals surface area contributed by atoms with E-state index in [1.165, 1.54) is 128 Å². The minimum atomic E-state index is 0.357. The fourth-order valence-electron chi connectivity index (χ4n) is 4.53. The molecule has 3 nitrogen and oxygen atoms in total. The highest BCUT2D eigenvalue weighted by molar-refractivity contribution is 5.75. The standard InChI is InChI=1S/C30H56N2O/c1-3-5-7-9-11-13-15-17-19-21-26-31-28-24-23-25-29(33)30(28)32-27-22-20-18-16-14-12-10-8-6-4-2/h23-25,31-33H,3-22,26-27H2,1-2H3. The Bertz CT molecular complexity index is 546. The molecule has 0 aliphatic heterocycles. The summed E-state index contributed by atoms with van der Waals surface area (Å²) in [6.07, 6.45) is 27.1. The number of para-hydroxylation sites is 1. The number of nitrogens with one attached hydrogen (secondary N) is 2. The lowest BCUT2D eigenvalue weighted by molar-refractivity contribution is 0.477. The van der Waals surface area contributed by atoms with Crippen LogP contribution in [0.25, 0.3) is 0 Å². The predicted octanol–water partition coefficient (Wildman–Crippen LogP) is 10.1.